The molecule has 96 valence electrons. The highest BCUT2D eigenvalue weighted by Crippen LogP contribution is 2.36. The number of nitriles is 1. The van der Waals surface area contributed by atoms with Crippen molar-refractivity contribution in [2.24, 2.45) is 0 Å². The number of para-hydroxylation sites is 2. The summed E-state index contributed by atoms with van der Waals surface area (Å²) < 4.78 is 5.30. The minimum absolute atomic E-state index is 0.227. The van der Waals surface area contributed by atoms with Gasteiger partial charge in [-0.3, -0.25) is 4.90 Å². The fourth-order valence-corrected chi connectivity index (χ4v) is 2.43. The third-order valence-corrected chi connectivity index (χ3v) is 3.69. The Balaban J connectivity index is 2.38. The van der Waals surface area contributed by atoms with E-state index in [1.165, 1.54) is 0 Å². The lowest BCUT2D eigenvalue weighted by Crippen LogP contribution is -2.19. The van der Waals surface area contributed by atoms with Gasteiger partial charge in [0.2, 0.25) is 0 Å². The van der Waals surface area contributed by atoms with Crippen LogP contribution >= 0.6 is 15.9 Å². The van der Waals surface area contributed by atoms with Gasteiger partial charge in [-0.25, -0.2) is 0 Å². The number of hydrogen-bond donors (Lipinski definition) is 0. The lowest BCUT2D eigenvalue weighted by Gasteiger charge is -2.23. The first-order chi connectivity index (χ1) is 9.27. The summed E-state index contributed by atoms with van der Waals surface area (Å²) in [4.78, 5) is 1.35. The smallest absolute Gasteiger partial charge is 0.185 e. The quantitative estimate of drug-likeness (QED) is 0.369. The van der Waals surface area contributed by atoms with Crippen molar-refractivity contribution >= 4 is 21.6 Å². The summed E-state index contributed by atoms with van der Waals surface area (Å²) in [6.45, 7) is 0. The Hall–Kier alpha value is -1.99. The van der Waals surface area contributed by atoms with Crippen LogP contribution in [-0.2, 0) is 0 Å². The van der Waals surface area contributed by atoms with E-state index in [2.05, 4.69) is 22.1 Å². The number of benzene rings is 2. The number of rotatable bonds is 4. The second-order valence-electron chi connectivity index (χ2n) is 3.89. The van der Waals surface area contributed by atoms with Crippen LogP contribution in [0.25, 0.3) is 0 Å². The molecule has 2 aromatic rings. The molecule has 0 aliphatic rings. The molecule has 2 rings (SSSR count). The molecule has 2 aromatic carbocycles. The zero-order valence-electron chi connectivity index (χ0n) is 10.5. The fraction of sp³-hybridized carbons (Fsp3) is 0.133. The molecule has 0 aromatic heterocycles. The van der Waals surface area contributed by atoms with E-state index in [0.717, 1.165) is 11.3 Å². The third kappa shape index (κ3) is 2.88. The zero-order valence-corrected chi connectivity index (χ0v) is 12.0. The molecule has 19 heavy (non-hydrogen) atoms. The van der Waals surface area contributed by atoms with Crippen molar-refractivity contribution < 1.29 is 4.74 Å². The summed E-state index contributed by atoms with van der Waals surface area (Å²) in [6, 6.07) is 17.2. The molecule has 0 saturated heterocycles. The van der Waals surface area contributed by atoms with Crippen molar-refractivity contribution in [1.29, 1.82) is 5.26 Å². The van der Waals surface area contributed by atoms with Gasteiger partial charge in [-0.2, -0.15) is 5.26 Å². The second kappa shape index (κ2) is 6.26. The monoisotopic (exact) mass is 316 g/mol. The Morgan fingerprint density at radius 2 is 1.74 bits per heavy atom. The van der Waals surface area contributed by atoms with Crippen LogP contribution in [0.5, 0.6) is 5.75 Å². The lowest BCUT2D eigenvalue weighted by atomic mass is 10.2. The summed E-state index contributed by atoms with van der Waals surface area (Å²) in [7, 11) is 1.60. The van der Waals surface area contributed by atoms with Crippen molar-refractivity contribution in [2.75, 3.05) is 12.0 Å². The molecule has 0 saturated carbocycles. The van der Waals surface area contributed by atoms with E-state index in [9.17, 15) is 5.26 Å². The van der Waals surface area contributed by atoms with Crippen LogP contribution in [-0.4, -0.2) is 7.11 Å². The Labute approximate surface area is 121 Å². The van der Waals surface area contributed by atoms with E-state index in [-0.39, 0.29) is 4.95 Å². The minimum atomic E-state index is -0.227. The molecule has 0 aliphatic carbocycles. The SMILES string of the molecule is COc1ccccc1N(C#N)C(Br)c1ccccc1. The molecule has 4 heteroatoms. The van der Waals surface area contributed by atoms with E-state index in [0.29, 0.717) is 5.75 Å². The predicted molar refractivity (Wildman–Crippen MR) is 79.2 cm³/mol. The molecule has 0 amide bonds. The summed E-state index contributed by atoms with van der Waals surface area (Å²) in [6.07, 6.45) is 2.20. The number of halogens is 1. The molecule has 3 nitrogen and oxygen atoms in total. The van der Waals surface area contributed by atoms with Crippen molar-refractivity contribution in [3.63, 3.8) is 0 Å². The second-order valence-corrected chi connectivity index (χ2v) is 4.76. The third-order valence-electron chi connectivity index (χ3n) is 2.75. The van der Waals surface area contributed by atoms with Gasteiger partial charge in [0.25, 0.3) is 0 Å². The van der Waals surface area contributed by atoms with Crippen LogP contribution in [0.2, 0.25) is 0 Å². The largest absolute Gasteiger partial charge is 0.495 e. The van der Waals surface area contributed by atoms with Crippen LogP contribution in [0.3, 0.4) is 0 Å². The molecular weight excluding hydrogens is 304 g/mol. The van der Waals surface area contributed by atoms with Gasteiger partial charge in [-0.15, -0.1) is 0 Å². The molecule has 1 atom stereocenters. The van der Waals surface area contributed by atoms with Crippen molar-refractivity contribution in [3.05, 3.63) is 60.2 Å². The highest BCUT2D eigenvalue weighted by Gasteiger charge is 2.20. The van der Waals surface area contributed by atoms with Crippen molar-refractivity contribution in [2.45, 2.75) is 4.95 Å². The average molecular weight is 317 g/mol. The maximum absolute atomic E-state index is 9.42. The molecule has 0 heterocycles. The number of nitrogens with zero attached hydrogens (tertiary/aromatic N) is 2. The maximum atomic E-state index is 9.42. The zero-order chi connectivity index (χ0) is 13.7. The first-order valence-electron chi connectivity index (χ1n) is 5.79. The van der Waals surface area contributed by atoms with Crippen LogP contribution in [0.4, 0.5) is 5.69 Å². The maximum Gasteiger partial charge on any atom is 0.185 e. The predicted octanol–water partition coefficient (Wildman–Crippen LogP) is 4.08. The van der Waals surface area contributed by atoms with Gasteiger partial charge in [0.15, 0.2) is 6.19 Å². The van der Waals surface area contributed by atoms with E-state index in [4.69, 9.17) is 4.74 Å². The summed E-state index contributed by atoms with van der Waals surface area (Å²) in [5, 5.41) is 9.42. The summed E-state index contributed by atoms with van der Waals surface area (Å²) in [5.41, 5.74) is 1.74. The van der Waals surface area contributed by atoms with Crippen molar-refractivity contribution in [3.8, 4) is 11.9 Å². The highest BCUT2D eigenvalue weighted by molar-refractivity contribution is 9.09. The van der Waals surface area contributed by atoms with Gasteiger partial charge in [0, 0.05) is 0 Å². The van der Waals surface area contributed by atoms with Gasteiger partial charge in [-0.05, 0) is 17.7 Å². The van der Waals surface area contributed by atoms with E-state index in [1.807, 2.05) is 54.6 Å². The molecule has 0 spiro atoms. The Bertz CT molecular complexity index is 580. The van der Waals surface area contributed by atoms with Crippen LogP contribution in [0.1, 0.15) is 10.5 Å². The Kier molecular flexibility index (Phi) is 4.43. The van der Waals surface area contributed by atoms with Crippen LogP contribution in [0.15, 0.2) is 54.6 Å². The fourth-order valence-electron chi connectivity index (χ4n) is 1.82. The standard InChI is InChI=1S/C15H13BrN2O/c1-19-14-10-6-5-9-13(14)18(11-17)15(16)12-7-3-2-4-8-12/h2-10,15H,1H3. The lowest BCUT2D eigenvalue weighted by molar-refractivity contribution is 0.415. The van der Waals surface area contributed by atoms with Gasteiger partial charge in [0.1, 0.15) is 10.7 Å². The Morgan fingerprint density at radius 1 is 1.11 bits per heavy atom. The molecule has 0 bridgehead atoms. The summed E-state index contributed by atoms with van der Waals surface area (Å²) >= 11 is 3.56. The normalized spacial score (nSPS) is 11.4. The summed E-state index contributed by atoms with van der Waals surface area (Å²) in [5.74, 6) is 0.671. The average Bonchev–Trinajstić information content (AvgIpc) is 2.49. The van der Waals surface area contributed by atoms with Gasteiger partial charge >= 0.3 is 0 Å². The molecule has 0 aliphatic heterocycles. The Morgan fingerprint density at radius 3 is 2.37 bits per heavy atom. The molecule has 0 radical (unpaired) electrons. The van der Waals surface area contributed by atoms with Crippen LogP contribution < -0.4 is 9.64 Å². The van der Waals surface area contributed by atoms with Gasteiger partial charge < -0.3 is 4.74 Å². The van der Waals surface area contributed by atoms with E-state index in [1.54, 1.807) is 12.0 Å². The van der Waals surface area contributed by atoms with E-state index >= 15 is 0 Å². The number of hydrogen-bond acceptors (Lipinski definition) is 3. The molecule has 1 unspecified atom stereocenters. The molecule has 0 N–H and O–H groups in total. The first-order valence-corrected chi connectivity index (χ1v) is 6.70. The minimum Gasteiger partial charge on any atom is -0.495 e. The van der Waals surface area contributed by atoms with Crippen molar-refractivity contribution in [1.82, 2.24) is 0 Å². The highest BCUT2D eigenvalue weighted by atomic mass is 79.9. The van der Waals surface area contributed by atoms with Gasteiger partial charge in [-0.1, -0.05) is 58.4 Å². The van der Waals surface area contributed by atoms with Gasteiger partial charge in [0.05, 0.1) is 12.8 Å². The number of alkyl halides is 1. The first kappa shape index (κ1) is 13.4. The topological polar surface area (TPSA) is 36.3 Å². The number of anilines is 1. The van der Waals surface area contributed by atoms with E-state index < -0.39 is 0 Å². The number of methoxy groups -OCH3 is 1. The van der Waals surface area contributed by atoms with Crippen LogP contribution in [0, 0.1) is 11.5 Å². The molecular formula is C15H13BrN2O. The molecule has 0 fully saturated rings. The number of ether oxygens (including phenoxy) is 1.